The number of hydrogen-bond acceptors (Lipinski definition) is 3. The molecule has 0 saturated carbocycles. The van der Waals surface area contributed by atoms with Crippen molar-refractivity contribution in [2.24, 2.45) is 5.92 Å². The van der Waals surface area contributed by atoms with Crippen LogP contribution in [0.25, 0.3) is 0 Å². The van der Waals surface area contributed by atoms with E-state index < -0.39 is 0 Å². The highest BCUT2D eigenvalue weighted by Gasteiger charge is 2.36. The van der Waals surface area contributed by atoms with Crippen molar-refractivity contribution in [1.29, 1.82) is 0 Å². The van der Waals surface area contributed by atoms with Gasteiger partial charge in [0.05, 0.1) is 7.11 Å². The van der Waals surface area contributed by atoms with Gasteiger partial charge in [-0.1, -0.05) is 30.3 Å². The Labute approximate surface area is 120 Å². The Balaban J connectivity index is 1.71. The number of nitrogens with zero attached hydrogens (tertiary/aromatic N) is 2. The molecule has 1 aromatic carbocycles. The minimum atomic E-state index is -0.177. The fourth-order valence-electron chi connectivity index (χ4n) is 3.47. The van der Waals surface area contributed by atoms with E-state index in [9.17, 15) is 4.79 Å². The van der Waals surface area contributed by atoms with Gasteiger partial charge in [0, 0.05) is 32.2 Å². The number of hydrogen-bond donors (Lipinski definition) is 0. The summed E-state index contributed by atoms with van der Waals surface area (Å²) in [6, 6.07) is 11.1. The fraction of sp³-hybridized carbons (Fsp3) is 0.562. The van der Waals surface area contributed by atoms with Crippen LogP contribution in [0.4, 0.5) is 4.79 Å². The molecule has 3 aliphatic rings. The van der Waals surface area contributed by atoms with E-state index in [1.54, 1.807) is 0 Å². The van der Waals surface area contributed by atoms with Crippen LogP contribution in [0.15, 0.2) is 30.3 Å². The normalized spacial score (nSPS) is 26.4. The highest BCUT2D eigenvalue weighted by molar-refractivity contribution is 5.67. The average molecular weight is 274 g/mol. The molecule has 0 N–H and O–H groups in total. The maximum Gasteiger partial charge on any atom is 0.409 e. The minimum Gasteiger partial charge on any atom is -0.453 e. The van der Waals surface area contributed by atoms with Gasteiger partial charge in [0.15, 0.2) is 0 Å². The maximum absolute atomic E-state index is 11.8. The summed E-state index contributed by atoms with van der Waals surface area (Å²) in [4.78, 5) is 16.2. The number of ether oxygens (including phenoxy) is 1. The molecule has 0 aliphatic carbocycles. The third-order valence-electron chi connectivity index (χ3n) is 4.49. The molecule has 2 bridgehead atoms. The molecular formula is C16H22N2O2. The molecule has 2 atom stereocenters. The van der Waals surface area contributed by atoms with Crippen LogP contribution in [0.3, 0.4) is 0 Å². The Morgan fingerprint density at radius 3 is 2.75 bits per heavy atom. The zero-order valence-corrected chi connectivity index (χ0v) is 12.0. The van der Waals surface area contributed by atoms with Gasteiger partial charge in [-0.15, -0.1) is 0 Å². The van der Waals surface area contributed by atoms with Gasteiger partial charge in [-0.3, -0.25) is 4.90 Å². The number of methoxy groups -OCH3 is 1. The summed E-state index contributed by atoms with van der Waals surface area (Å²) >= 11 is 0. The van der Waals surface area contributed by atoms with Gasteiger partial charge in [-0.2, -0.15) is 0 Å². The van der Waals surface area contributed by atoms with Crippen LogP contribution >= 0.6 is 0 Å². The van der Waals surface area contributed by atoms with E-state index in [0.29, 0.717) is 12.0 Å². The largest absolute Gasteiger partial charge is 0.453 e. The van der Waals surface area contributed by atoms with Crippen molar-refractivity contribution in [3.63, 3.8) is 0 Å². The fourth-order valence-corrected chi connectivity index (χ4v) is 3.47. The number of carbonyl (C=O) groups is 1. The quantitative estimate of drug-likeness (QED) is 0.830. The second-order valence-corrected chi connectivity index (χ2v) is 5.89. The molecular weight excluding hydrogens is 252 g/mol. The summed E-state index contributed by atoms with van der Waals surface area (Å²) < 4.78 is 4.89. The second kappa shape index (κ2) is 5.83. The van der Waals surface area contributed by atoms with E-state index in [0.717, 1.165) is 26.2 Å². The Morgan fingerprint density at radius 2 is 2.00 bits per heavy atom. The number of carbonyl (C=O) groups excluding carboxylic acids is 1. The van der Waals surface area contributed by atoms with Gasteiger partial charge in [-0.05, 0) is 24.3 Å². The lowest BCUT2D eigenvalue weighted by Crippen LogP contribution is -2.43. The van der Waals surface area contributed by atoms with Crippen LogP contribution in [0.1, 0.15) is 18.4 Å². The Bertz CT molecular complexity index is 463. The van der Waals surface area contributed by atoms with Gasteiger partial charge in [0.2, 0.25) is 0 Å². The molecule has 3 saturated heterocycles. The molecule has 0 unspecified atom stereocenters. The molecule has 4 heteroatoms. The second-order valence-electron chi connectivity index (χ2n) is 5.89. The first-order valence-corrected chi connectivity index (χ1v) is 7.37. The molecule has 0 radical (unpaired) electrons. The summed E-state index contributed by atoms with van der Waals surface area (Å²) in [7, 11) is 1.47. The van der Waals surface area contributed by atoms with Gasteiger partial charge in [0.25, 0.3) is 0 Å². The highest BCUT2D eigenvalue weighted by atomic mass is 16.5. The van der Waals surface area contributed by atoms with Crippen molar-refractivity contribution in [2.75, 3.05) is 26.7 Å². The predicted molar refractivity (Wildman–Crippen MR) is 77.3 cm³/mol. The SMILES string of the molecule is COC(=O)N1C[C@@H]2CC[C@H](C1)N(Cc1ccccc1)C2. The van der Waals surface area contributed by atoms with Crippen molar-refractivity contribution in [3.8, 4) is 0 Å². The number of piperidine rings is 1. The van der Waals surface area contributed by atoms with Crippen LogP contribution in [-0.4, -0.2) is 48.7 Å². The van der Waals surface area contributed by atoms with Crippen molar-refractivity contribution >= 4 is 6.09 Å². The number of rotatable bonds is 2. The van der Waals surface area contributed by atoms with E-state index in [1.165, 1.54) is 25.5 Å². The molecule has 3 aliphatic heterocycles. The van der Waals surface area contributed by atoms with Crippen molar-refractivity contribution < 1.29 is 9.53 Å². The first-order valence-electron chi connectivity index (χ1n) is 7.37. The third kappa shape index (κ3) is 2.80. The van der Waals surface area contributed by atoms with E-state index in [4.69, 9.17) is 4.74 Å². The van der Waals surface area contributed by atoms with E-state index >= 15 is 0 Å². The molecule has 4 nitrogen and oxygen atoms in total. The lowest BCUT2D eigenvalue weighted by atomic mass is 9.94. The average Bonchev–Trinajstić information content (AvgIpc) is 2.79. The lowest BCUT2D eigenvalue weighted by molar-refractivity contribution is 0.112. The molecule has 1 amide bonds. The summed E-state index contributed by atoms with van der Waals surface area (Å²) in [6.45, 7) is 3.72. The number of benzene rings is 1. The minimum absolute atomic E-state index is 0.177. The zero-order valence-electron chi connectivity index (χ0n) is 12.0. The lowest BCUT2D eigenvalue weighted by Gasteiger charge is -2.36. The molecule has 108 valence electrons. The van der Waals surface area contributed by atoms with Crippen molar-refractivity contribution in [2.45, 2.75) is 25.4 Å². The van der Waals surface area contributed by atoms with E-state index in [1.807, 2.05) is 4.90 Å². The third-order valence-corrected chi connectivity index (χ3v) is 4.49. The highest BCUT2D eigenvalue weighted by Crippen LogP contribution is 2.29. The molecule has 0 spiro atoms. The molecule has 20 heavy (non-hydrogen) atoms. The first-order chi connectivity index (χ1) is 9.76. The first kappa shape index (κ1) is 13.4. The van der Waals surface area contributed by atoms with Crippen LogP contribution in [0, 0.1) is 5.92 Å². The topological polar surface area (TPSA) is 32.8 Å². The zero-order chi connectivity index (χ0) is 13.9. The monoisotopic (exact) mass is 274 g/mol. The summed E-state index contributed by atoms with van der Waals surface area (Å²) in [5, 5.41) is 0. The van der Waals surface area contributed by atoms with Crippen LogP contribution in [-0.2, 0) is 11.3 Å². The van der Waals surface area contributed by atoms with Crippen LogP contribution < -0.4 is 0 Å². The molecule has 0 aromatic heterocycles. The van der Waals surface area contributed by atoms with Gasteiger partial charge in [0.1, 0.15) is 0 Å². The Hall–Kier alpha value is -1.55. The summed E-state index contributed by atoms with van der Waals surface area (Å²) in [5.74, 6) is 0.580. The maximum atomic E-state index is 11.8. The van der Waals surface area contributed by atoms with Crippen molar-refractivity contribution in [1.82, 2.24) is 9.80 Å². The van der Waals surface area contributed by atoms with Gasteiger partial charge in [-0.25, -0.2) is 4.79 Å². The van der Waals surface area contributed by atoms with E-state index in [-0.39, 0.29) is 6.09 Å². The standard InChI is InChI=1S/C16H22N2O2/c1-20-16(19)18-11-14-7-8-15(12-18)17(10-14)9-13-5-3-2-4-6-13/h2-6,14-15H,7-12H2,1H3/t14-,15-/m1/s1. The molecule has 3 fully saturated rings. The van der Waals surface area contributed by atoms with Gasteiger partial charge < -0.3 is 9.64 Å². The van der Waals surface area contributed by atoms with Crippen molar-refractivity contribution in [3.05, 3.63) is 35.9 Å². The van der Waals surface area contributed by atoms with Gasteiger partial charge >= 0.3 is 6.09 Å². The Kier molecular flexibility index (Phi) is 3.92. The Morgan fingerprint density at radius 1 is 1.20 bits per heavy atom. The molecule has 1 aromatic rings. The van der Waals surface area contributed by atoms with Crippen LogP contribution in [0.2, 0.25) is 0 Å². The molecule has 3 heterocycles. The van der Waals surface area contributed by atoms with E-state index in [2.05, 4.69) is 35.2 Å². The van der Waals surface area contributed by atoms with Crippen LogP contribution in [0.5, 0.6) is 0 Å². The smallest absolute Gasteiger partial charge is 0.409 e. The number of amides is 1. The summed E-state index contributed by atoms with van der Waals surface area (Å²) in [5.41, 5.74) is 1.35. The predicted octanol–water partition coefficient (Wildman–Crippen LogP) is 2.35. The molecule has 4 rings (SSSR count). The number of fused-ring (bicyclic) bond motifs is 4. The summed E-state index contributed by atoms with van der Waals surface area (Å²) in [6.07, 6.45) is 2.23.